The molecule has 0 bridgehead atoms. The Morgan fingerprint density at radius 3 is 2.42 bits per heavy atom. The lowest BCUT2D eigenvalue weighted by Gasteiger charge is -2.04. The van der Waals surface area contributed by atoms with Gasteiger partial charge in [-0.15, -0.1) is 0 Å². The van der Waals surface area contributed by atoms with Gasteiger partial charge >= 0.3 is 11.9 Å². The van der Waals surface area contributed by atoms with Crippen LogP contribution in [-0.2, 0) is 14.3 Å². The Bertz CT molecular complexity index is 489. The summed E-state index contributed by atoms with van der Waals surface area (Å²) in [7, 11) is 0. The molecule has 0 amide bonds. The van der Waals surface area contributed by atoms with Gasteiger partial charge in [-0.1, -0.05) is 13.0 Å². The molecule has 0 aliphatic rings. The summed E-state index contributed by atoms with van der Waals surface area (Å²) in [6.07, 6.45) is 2.87. The lowest BCUT2D eigenvalue weighted by molar-refractivity contribution is -0.138. The quantitative estimate of drug-likeness (QED) is 0.465. The second-order valence-electron chi connectivity index (χ2n) is 4.17. The largest absolute Gasteiger partial charge is 0.463 e. The van der Waals surface area contributed by atoms with Gasteiger partial charge in [-0.3, -0.25) is 0 Å². The normalized spacial score (nSPS) is 10.5. The Labute approximate surface area is 113 Å². The zero-order valence-electron chi connectivity index (χ0n) is 11.4. The summed E-state index contributed by atoms with van der Waals surface area (Å²) in [6, 6.07) is 5.36. The predicted octanol–water partition coefficient (Wildman–Crippen LogP) is 2.72. The molecule has 19 heavy (non-hydrogen) atoms. The van der Waals surface area contributed by atoms with Crippen LogP contribution in [0.15, 0.2) is 30.4 Å². The van der Waals surface area contributed by atoms with E-state index in [2.05, 4.69) is 0 Å². The Balaban J connectivity index is 2.53. The van der Waals surface area contributed by atoms with E-state index in [0.29, 0.717) is 12.4 Å². The van der Waals surface area contributed by atoms with Crippen LogP contribution in [-0.4, -0.2) is 18.5 Å². The first-order valence-electron chi connectivity index (χ1n) is 6.17. The Hall–Kier alpha value is -2.10. The maximum Gasteiger partial charge on any atom is 0.336 e. The lowest BCUT2D eigenvalue weighted by Crippen LogP contribution is -2.07. The summed E-state index contributed by atoms with van der Waals surface area (Å²) in [4.78, 5) is 22.6. The van der Waals surface area contributed by atoms with Crippen LogP contribution in [0.1, 0.15) is 24.5 Å². The molecule has 0 unspecified atom stereocenters. The van der Waals surface area contributed by atoms with Crippen molar-refractivity contribution in [3.63, 3.8) is 0 Å². The van der Waals surface area contributed by atoms with Gasteiger partial charge in [0.05, 0.1) is 6.61 Å². The molecular formula is C15H18O4. The first kappa shape index (κ1) is 15.0. The molecule has 0 radical (unpaired) electrons. The van der Waals surface area contributed by atoms with Crippen molar-refractivity contribution < 1.29 is 19.1 Å². The van der Waals surface area contributed by atoms with Gasteiger partial charge in [0.1, 0.15) is 5.75 Å². The minimum absolute atomic E-state index is 0.343. The van der Waals surface area contributed by atoms with Crippen molar-refractivity contribution in [2.24, 2.45) is 0 Å². The number of hydrogen-bond donors (Lipinski definition) is 0. The van der Waals surface area contributed by atoms with Crippen LogP contribution in [0.25, 0.3) is 0 Å². The van der Waals surface area contributed by atoms with Crippen molar-refractivity contribution >= 4 is 11.9 Å². The molecule has 1 aromatic rings. The van der Waals surface area contributed by atoms with Crippen LogP contribution in [0.5, 0.6) is 5.75 Å². The van der Waals surface area contributed by atoms with E-state index < -0.39 is 11.9 Å². The lowest BCUT2D eigenvalue weighted by atomic mass is 10.1. The maximum absolute atomic E-state index is 11.5. The van der Waals surface area contributed by atoms with Gasteiger partial charge in [-0.05, 0) is 43.5 Å². The molecule has 4 nitrogen and oxygen atoms in total. The minimum Gasteiger partial charge on any atom is -0.463 e. The first-order chi connectivity index (χ1) is 9.02. The highest BCUT2D eigenvalue weighted by Crippen LogP contribution is 2.16. The maximum atomic E-state index is 11.5. The second kappa shape index (κ2) is 7.36. The number of aryl methyl sites for hydroxylation is 2. The van der Waals surface area contributed by atoms with Gasteiger partial charge in [-0.2, -0.15) is 0 Å². The molecule has 0 saturated carbocycles. The number of carbonyl (C=O) groups excluding carboxylic acids is 2. The molecule has 1 aromatic carbocycles. The minimum atomic E-state index is -0.600. The first-order valence-corrected chi connectivity index (χ1v) is 6.17. The number of esters is 2. The highest BCUT2D eigenvalue weighted by atomic mass is 16.5. The van der Waals surface area contributed by atoms with Crippen LogP contribution in [0.2, 0.25) is 0 Å². The van der Waals surface area contributed by atoms with Gasteiger partial charge in [0.15, 0.2) is 0 Å². The third-order valence-electron chi connectivity index (χ3n) is 2.50. The van der Waals surface area contributed by atoms with Crippen molar-refractivity contribution in [1.29, 1.82) is 0 Å². The smallest absolute Gasteiger partial charge is 0.336 e. The number of ether oxygens (including phenoxy) is 2. The van der Waals surface area contributed by atoms with Gasteiger partial charge in [0, 0.05) is 12.2 Å². The summed E-state index contributed by atoms with van der Waals surface area (Å²) in [5.74, 6) is -0.685. The molecule has 102 valence electrons. The summed E-state index contributed by atoms with van der Waals surface area (Å²) < 4.78 is 9.86. The van der Waals surface area contributed by atoms with Crippen molar-refractivity contribution in [2.75, 3.05) is 6.61 Å². The fourth-order valence-corrected chi connectivity index (χ4v) is 1.31. The third kappa shape index (κ3) is 5.38. The van der Waals surface area contributed by atoms with Crippen molar-refractivity contribution in [1.82, 2.24) is 0 Å². The molecule has 0 heterocycles. The van der Waals surface area contributed by atoms with E-state index in [4.69, 9.17) is 9.47 Å². The summed E-state index contributed by atoms with van der Waals surface area (Å²) in [6.45, 7) is 6.15. The molecular weight excluding hydrogens is 244 g/mol. The molecule has 0 aromatic heterocycles. The van der Waals surface area contributed by atoms with Crippen LogP contribution in [0.4, 0.5) is 0 Å². The van der Waals surface area contributed by atoms with Crippen LogP contribution < -0.4 is 4.74 Å². The van der Waals surface area contributed by atoms with E-state index in [1.807, 2.05) is 26.8 Å². The topological polar surface area (TPSA) is 52.6 Å². The van der Waals surface area contributed by atoms with E-state index in [9.17, 15) is 9.59 Å². The van der Waals surface area contributed by atoms with E-state index in [-0.39, 0.29) is 0 Å². The highest BCUT2D eigenvalue weighted by molar-refractivity contribution is 5.92. The summed E-state index contributed by atoms with van der Waals surface area (Å²) in [5, 5.41) is 0. The number of benzene rings is 1. The zero-order valence-corrected chi connectivity index (χ0v) is 11.4. The monoisotopic (exact) mass is 262 g/mol. The van der Waals surface area contributed by atoms with Crippen LogP contribution in [0.3, 0.4) is 0 Å². The van der Waals surface area contributed by atoms with Gasteiger partial charge < -0.3 is 9.47 Å². The van der Waals surface area contributed by atoms with Crippen LogP contribution in [0, 0.1) is 13.8 Å². The van der Waals surface area contributed by atoms with Crippen LogP contribution >= 0.6 is 0 Å². The Morgan fingerprint density at radius 2 is 1.79 bits per heavy atom. The Morgan fingerprint density at radius 1 is 1.11 bits per heavy atom. The molecule has 1 rings (SSSR count). The molecule has 0 N–H and O–H groups in total. The van der Waals surface area contributed by atoms with Crippen molar-refractivity contribution in [3.05, 3.63) is 41.5 Å². The summed E-state index contributed by atoms with van der Waals surface area (Å²) in [5.41, 5.74) is 2.16. The van der Waals surface area contributed by atoms with Gasteiger partial charge in [0.25, 0.3) is 0 Å². The highest BCUT2D eigenvalue weighted by Gasteiger charge is 2.03. The van der Waals surface area contributed by atoms with E-state index >= 15 is 0 Å². The molecule has 0 saturated heterocycles. The standard InChI is InChI=1S/C15H18O4/c1-4-9-18-14(16)7-8-15(17)19-13-6-5-11(2)12(3)10-13/h5-8,10H,4,9H2,1-3H3/b8-7+. The van der Waals surface area contributed by atoms with Gasteiger partial charge in [0.2, 0.25) is 0 Å². The number of carbonyl (C=O) groups is 2. The van der Waals surface area contributed by atoms with E-state index in [0.717, 1.165) is 29.7 Å². The summed E-state index contributed by atoms with van der Waals surface area (Å²) >= 11 is 0. The van der Waals surface area contributed by atoms with E-state index in [1.54, 1.807) is 12.1 Å². The average Bonchev–Trinajstić information content (AvgIpc) is 2.38. The number of rotatable bonds is 5. The van der Waals surface area contributed by atoms with Crippen molar-refractivity contribution in [2.45, 2.75) is 27.2 Å². The number of hydrogen-bond acceptors (Lipinski definition) is 4. The Kier molecular flexibility index (Phi) is 5.79. The molecule has 0 aliphatic carbocycles. The third-order valence-corrected chi connectivity index (χ3v) is 2.50. The van der Waals surface area contributed by atoms with Crippen molar-refractivity contribution in [3.8, 4) is 5.75 Å². The molecule has 0 fully saturated rings. The molecule has 0 atom stereocenters. The molecule has 0 aliphatic heterocycles. The van der Waals surface area contributed by atoms with Gasteiger partial charge in [-0.25, -0.2) is 9.59 Å². The fraction of sp³-hybridized carbons (Fsp3) is 0.333. The second-order valence-corrected chi connectivity index (χ2v) is 4.17. The predicted molar refractivity (Wildman–Crippen MR) is 71.9 cm³/mol. The zero-order chi connectivity index (χ0) is 14.3. The fourth-order valence-electron chi connectivity index (χ4n) is 1.31. The SMILES string of the molecule is CCCOC(=O)/C=C/C(=O)Oc1ccc(C)c(C)c1. The average molecular weight is 262 g/mol. The molecule has 0 spiro atoms. The molecule has 4 heteroatoms. The van der Waals surface area contributed by atoms with E-state index in [1.165, 1.54) is 0 Å².